The molecule has 0 atom stereocenters. The zero-order valence-corrected chi connectivity index (χ0v) is 12.3. The van der Waals surface area contributed by atoms with Gasteiger partial charge in [-0.3, -0.25) is 0 Å². The molecule has 0 amide bonds. The van der Waals surface area contributed by atoms with Gasteiger partial charge in [0, 0.05) is 10.5 Å². The number of alkyl halides is 3. The number of benzene rings is 1. The molecule has 6 heteroatoms. The maximum absolute atomic E-state index is 12.5. The Hall–Kier alpha value is -0.910. The minimum Gasteiger partial charge on any atom is -0.404 e. The lowest BCUT2D eigenvalue weighted by molar-refractivity contribution is -0.274. The normalized spacial score (nSPS) is 19.2. The van der Waals surface area contributed by atoms with E-state index in [4.69, 9.17) is 0 Å². The van der Waals surface area contributed by atoms with Crippen molar-refractivity contribution in [2.75, 3.05) is 5.32 Å². The van der Waals surface area contributed by atoms with E-state index in [-0.39, 0.29) is 11.8 Å². The highest BCUT2D eigenvalue weighted by atomic mass is 79.9. The Morgan fingerprint density at radius 1 is 1.15 bits per heavy atom. The van der Waals surface area contributed by atoms with Gasteiger partial charge in [0.2, 0.25) is 0 Å². The Bertz CT molecular complexity index is 486. The Balaban J connectivity index is 1.80. The highest BCUT2D eigenvalue weighted by molar-refractivity contribution is 9.10. The number of ether oxygens (including phenoxy) is 1. The Morgan fingerprint density at radius 2 is 1.75 bits per heavy atom. The molecule has 0 heterocycles. The molecule has 0 saturated heterocycles. The van der Waals surface area contributed by atoms with E-state index < -0.39 is 6.36 Å². The van der Waals surface area contributed by atoms with E-state index in [0.717, 1.165) is 0 Å². The fourth-order valence-electron chi connectivity index (χ4n) is 2.54. The van der Waals surface area contributed by atoms with E-state index in [9.17, 15) is 13.2 Å². The van der Waals surface area contributed by atoms with Crippen molar-refractivity contribution in [2.45, 2.75) is 38.1 Å². The van der Waals surface area contributed by atoms with Gasteiger partial charge >= 0.3 is 6.36 Å². The summed E-state index contributed by atoms with van der Waals surface area (Å²) in [4.78, 5) is 0. The third-order valence-electron chi connectivity index (χ3n) is 3.75. The maximum Gasteiger partial charge on any atom is 0.573 e. The first-order valence-corrected chi connectivity index (χ1v) is 7.53. The number of anilines is 1. The van der Waals surface area contributed by atoms with Crippen LogP contribution in [0.1, 0.15) is 25.7 Å². The van der Waals surface area contributed by atoms with Crippen molar-refractivity contribution in [3.8, 4) is 5.75 Å². The summed E-state index contributed by atoms with van der Waals surface area (Å²) in [6, 6.07) is 5.00. The monoisotopic (exact) mass is 349 g/mol. The molecule has 0 aliphatic heterocycles. The first kappa shape index (κ1) is 14.0. The van der Waals surface area contributed by atoms with E-state index in [1.807, 2.05) is 0 Å². The smallest absolute Gasteiger partial charge is 0.404 e. The van der Waals surface area contributed by atoms with Crippen LogP contribution in [0.3, 0.4) is 0 Å². The van der Waals surface area contributed by atoms with Gasteiger partial charge in [0.1, 0.15) is 0 Å². The zero-order valence-electron chi connectivity index (χ0n) is 10.7. The van der Waals surface area contributed by atoms with Crippen LogP contribution in [0.15, 0.2) is 22.7 Å². The van der Waals surface area contributed by atoms with Crippen molar-refractivity contribution in [1.82, 2.24) is 0 Å². The lowest BCUT2D eigenvalue weighted by atomic mass is 10.1. The van der Waals surface area contributed by atoms with Crippen LogP contribution in [0, 0.1) is 11.8 Å². The quantitative estimate of drug-likeness (QED) is 0.812. The topological polar surface area (TPSA) is 21.3 Å². The summed E-state index contributed by atoms with van der Waals surface area (Å²) in [5, 5.41) is 3.28. The van der Waals surface area contributed by atoms with Gasteiger partial charge in [-0.1, -0.05) is 15.9 Å². The molecule has 2 aliphatic rings. The van der Waals surface area contributed by atoms with E-state index in [1.165, 1.54) is 31.7 Å². The predicted octanol–water partition coefficient (Wildman–Crippen LogP) is 4.95. The van der Waals surface area contributed by atoms with E-state index in [2.05, 4.69) is 26.0 Å². The summed E-state index contributed by atoms with van der Waals surface area (Å²) in [7, 11) is 0. The molecule has 0 aromatic heterocycles. The Labute approximate surface area is 123 Å². The van der Waals surface area contributed by atoms with Gasteiger partial charge in [0.15, 0.2) is 5.75 Å². The van der Waals surface area contributed by atoms with Crippen LogP contribution in [-0.2, 0) is 0 Å². The molecule has 1 aromatic carbocycles. The van der Waals surface area contributed by atoms with Crippen LogP contribution in [0.2, 0.25) is 0 Å². The summed E-state index contributed by atoms with van der Waals surface area (Å²) >= 11 is 3.18. The van der Waals surface area contributed by atoms with Gasteiger partial charge in [-0.25, -0.2) is 0 Å². The molecule has 0 bridgehead atoms. The van der Waals surface area contributed by atoms with Crippen molar-refractivity contribution in [3.63, 3.8) is 0 Å². The molecule has 1 aromatic rings. The third-order valence-corrected chi connectivity index (χ3v) is 4.24. The van der Waals surface area contributed by atoms with Crippen molar-refractivity contribution in [3.05, 3.63) is 22.7 Å². The van der Waals surface area contributed by atoms with Gasteiger partial charge in [0.25, 0.3) is 0 Å². The van der Waals surface area contributed by atoms with Gasteiger partial charge in [0.05, 0.1) is 5.69 Å². The van der Waals surface area contributed by atoms with E-state index >= 15 is 0 Å². The molecular weight excluding hydrogens is 335 g/mol. The van der Waals surface area contributed by atoms with Crippen molar-refractivity contribution >= 4 is 21.6 Å². The number of halogens is 4. The summed E-state index contributed by atoms with van der Waals surface area (Å²) in [5.41, 5.74) is 0.425. The molecule has 2 fully saturated rings. The fraction of sp³-hybridized carbons (Fsp3) is 0.571. The Kier molecular flexibility index (Phi) is 3.60. The van der Waals surface area contributed by atoms with Crippen LogP contribution in [0.4, 0.5) is 18.9 Å². The molecule has 1 N–H and O–H groups in total. The number of nitrogens with one attached hydrogen (secondary N) is 1. The molecule has 110 valence electrons. The largest absolute Gasteiger partial charge is 0.573 e. The van der Waals surface area contributed by atoms with Crippen LogP contribution in [-0.4, -0.2) is 12.4 Å². The van der Waals surface area contributed by atoms with E-state index in [1.54, 1.807) is 12.1 Å². The molecular formula is C14H15BrF3NO. The van der Waals surface area contributed by atoms with Gasteiger partial charge < -0.3 is 10.1 Å². The number of hydrogen-bond donors (Lipinski definition) is 1. The van der Waals surface area contributed by atoms with Crippen LogP contribution >= 0.6 is 15.9 Å². The Morgan fingerprint density at radius 3 is 2.25 bits per heavy atom. The molecule has 2 aliphatic carbocycles. The second kappa shape index (κ2) is 5.13. The van der Waals surface area contributed by atoms with Crippen molar-refractivity contribution in [2.24, 2.45) is 11.8 Å². The molecule has 20 heavy (non-hydrogen) atoms. The molecule has 2 saturated carbocycles. The van der Waals surface area contributed by atoms with Gasteiger partial charge in [-0.05, 0) is 55.7 Å². The summed E-state index contributed by atoms with van der Waals surface area (Å²) in [6.07, 6.45) is -0.00744. The summed E-state index contributed by atoms with van der Waals surface area (Å²) in [5.74, 6) is 1.04. The lowest BCUT2D eigenvalue weighted by Crippen LogP contribution is -2.25. The molecule has 2 nitrogen and oxygen atoms in total. The minimum atomic E-state index is -4.67. The second-order valence-electron chi connectivity index (χ2n) is 5.53. The fourth-order valence-corrected chi connectivity index (χ4v) is 2.88. The van der Waals surface area contributed by atoms with E-state index in [0.29, 0.717) is 22.0 Å². The first-order valence-electron chi connectivity index (χ1n) is 6.74. The van der Waals surface area contributed by atoms with Crippen molar-refractivity contribution < 1.29 is 17.9 Å². The number of rotatable bonds is 5. The predicted molar refractivity (Wildman–Crippen MR) is 73.7 cm³/mol. The molecule has 0 spiro atoms. The average Bonchev–Trinajstić information content (AvgIpc) is 3.20. The SMILES string of the molecule is FC(F)(F)Oc1cc(Br)ccc1NC(C1CC1)C1CC1. The molecule has 0 radical (unpaired) electrons. The van der Waals surface area contributed by atoms with Crippen LogP contribution in [0.25, 0.3) is 0 Å². The molecule has 3 rings (SSSR count). The third kappa shape index (κ3) is 3.59. The summed E-state index contributed by atoms with van der Waals surface area (Å²) < 4.78 is 42.1. The summed E-state index contributed by atoms with van der Waals surface area (Å²) in [6.45, 7) is 0. The van der Waals surface area contributed by atoms with Crippen molar-refractivity contribution in [1.29, 1.82) is 0 Å². The molecule has 0 unspecified atom stereocenters. The minimum absolute atomic E-state index is 0.168. The first-order chi connectivity index (χ1) is 9.42. The van der Waals surface area contributed by atoms with Gasteiger partial charge in [-0.2, -0.15) is 0 Å². The highest BCUT2D eigenvalue weighted by Gasteiger charge is 2.42. The standard InChI is InChI=1S/C14H15BrF3NO/c15-10-5-6-11(12(7-10)20-14(16,17)18)19-13(8-1-2-8)9-3-4-9/h5-9,13,19H,1-4H2. The lowest BCUT2D eigenvalue weighted by Gasteiger charge is -2.22. The van der Waals surface area contributed by atoms with Crippen LogP contribution < -0.4 is 10.1 Å². The highest BCUT2D eigenvalue weighted by Crippen LogP contribution is 2.47. The average molecular weight is 350 g/mol. The number of hydrogen-bond acceptors (Lipinski definition) is 2. The van der Waals surface area contributed by atoms with Crippen LogP contribution in [0.5, 0.6) is 5.75 Å². The van der Waals surface area contributed by atoms with Gasteiger partial charge in [-0.15, -0.1) is 13.2 Å². The maximum atomic E-state index is 12.5. The second-order valence-corrected chi connectivity index (χ2v) is 6.45. The zero-order chi connectivity index (χ0) is 14.3.